The van der Waals surface area contributed by atoms with Gasteiger partial charge >= 0.3 is 0 Å². The van der Waals surface area contributed by atoms with Crippen molar-refractivity contribution in [3.8, 4) is 0 Å². The Morgan fingerprint density at radius 3 is 2.94 bits per heavy atom. The SMILES string of the molecule is CCc1occc1C(=O)CC1CC2CCC1C2. The molecule has 2 heteroatoms. The van der Waals surface area contributed by atoms with Crippen LogP contribution in [0, 0.1) is 17.8 Å². The van der Waals surface area contributed by atoms with E-state index in [9.17, 15) is 4.79 Å². The lowest BCUT2D eigenvalue weighted by molar-refractivity contribution is 0.0942. The predicted molar refractivity (Wildman–Crippen MR) is 66.0 cm³/mol. The summed E-state index contributed by atoms with van der Waals surface area (Å²) in [5, 5.41) is 0. The molecule has 2 aliphatic rings. The van der Waals surface area contributed by atoms with Crippen molar-refractivity contribution >= 4 is 5.78 Å². The highest BCUT2D eigenvalue weighted by atomic mass is 16.3. The minimum atomic E-state index is 0.299. The molecule has 0 saturated heterocycles. The average molecular weight is 232 g/mol. The van der Waals surface area contributed by atoms with Crippen LogP contribution in [-0.2, 0) is 6.42 Å². The molecule has 3 unspecified atom stereocenters. The van der Waals surface area contributed by atoms with Crippen molar-refractivity contribution in [2.75, 3.05) is 0 Å². The highest BCUT2D eigenvalue weighted by molar-refractivity contribution is 5.97. The number of ketones is 1. The van der Waals surface area contributed by atoms with Gasteiger partial charge < -0.3 is 4.42 Å². The molecule has 1 aromatic heterocycles. The van der Waals surface area contributed by atoms with E-state index in [1.807, 2.05) is 13.0 Å². The summed E-state index contributed by atoms with van der Waals surface area (Å²) in [7, 11) is 0. The van der Waals surface area contributed by atoms with Crippen molar-refractivity contribution in [1.29, 1.82) is 0 Å². The van der Waals surface area contributed by atoms with Crippen molar-refractivity contribution in [2.24, 2.45) is 17.8 Å². The molecule has 2 aliphatic carbocycles. The Labute approximate surface area is 102 Å². The third-order valence-corrected chi connectivity index (χ3v) is 4.70. The minimum Gasteiger partial charge on any atom is -0.469 e. The number of carbonyl (C=O) groups excluding carboxylic acids is 1. The number of hydrogen-bond donors (Lipinski definition) is 0. The van der Waals surface area contributed by atoms with Crippen LogP contribution in [0.1, 0.15) is 55.1 Å². The molecule has 2 nitrogen and oxygen atoms in total. The number of furan rings is 1. The third kappa shape index (κ3) is 1.94. The molecule has 0 aliphatic heterocycles. The summed E-state index contributed by atoms with van der Waals surface area (Å²) < 4.78 is 5.34. The van der Waals surface area contributed by atoms with Crippen LogP contribution >= 0.6 is 0 Å². The van der Waals surface area contributed by atoms with Gasteiger partial charge in [-0.2, -0.15) is 0 Å². The topological polar surface area (TPSA) is 30.2 Å². The lowest BCUT2D eigenvalue weighted by Gasteiger charge is -2.20. The van der Waals surface area contributed by atoms with Crippen LogP contribution in [0.2, 0.25) is 0 Å². The van der Waals surface area contributed by atoms with Gasteiger partial charge in [-0.1, -0.05) is 13.3 Å². The Balaban J connectivity index is 1.68. The Hall–Kier alpha value is -1.05. The van der Waals surface area contributed by atoms with Gasteiger partial charge in [-0.05, 0) is 43.1 Å². The average Bonchev–Trinajstić information content (AvgIpc) is 3.04. The number of rotatable bonds is 4. The van der Waals surface area contributed by atoms with E-state index in [4.69, 9.17) is 4.42 Å². The van der Waals surface area contributed by atoms with Gasteiger partial charge in [0, 0.05) is 12.8 Å². The van der Waals surface area contributed by atoms with Crippen molar-refractivity contribution in [3.05, 3.63) is 23.7 Å². The molecule has 2 bridgehead atoms. The van der Waals surface area contributed by atoms with Crippen LogP contribution < -0.4 is 0 Å². The quantitative estimate of drug-likeness (QED) is 0.738. The lowest BCUT2D eigenvalue weighted by atomic mass is 9.84. The maximum Gasteiger partial charge on any atom is 0.166 e. The summed E-state index contributed by atoms with van der Waals surface area (Å²) in [4.78, 5) is 12.3. The number of hydrogen-bond acceptors (Lipinski definition) is 2. The predicted octanol–water partition coefficient (Wildman–Crippen LogP) is 3.85. The molecule has 92 valence electrons. The van der Waals surface area contributed by atoms with E-state index < -0.39 is 0 Å². The fraction of sp³-hybridized carbons (Fsp3) is 0.667. The second-order valence-electron chi connectivity index (χ2n) is 5.67. The van der Waals surface area contributed by atoms with Crippen LogP contribution in [0.5, 0.6) is 0 Å². The maximum atomic E-state index is 12.3. The Kier molecular flexibility index (Phi) is 2.81. The first kappa shape index (κ1) is 11.1. The monoisotopic (exact) mass is 232 g/mol. The van der Waals surface area contributed by atoms with Gasteiger partial charge in [-0.15, -0.1) is 0 Å². The summed E-state index contributed by atoms with van der Waals surface area (Å²) in [5.41, 5.74) is 0.829. The van der Waals surface area contributed by atoms with E-state index in [1.54, 1.807) is 6.26 Å². The smallest absolute Gasteiger partial charge is 0.166 e. The third-order valence-electron chi connectivity index (χ3n) is 4.70. The molecule has 0 aromatic carbocycles. The zero-order valence-corrected chi connectivity index (χ0v) is 10.4. The Morgan fingerprint density at radius 1 is 1.41 bits per heavy atom. The Bertz CT molecular complexity index is 418. The molecule has 0 amide bonds. The zero-order valence-electron chi connectivity index (χ0n) is 10.4. The van der Waals surface area contributed by atoms with E-state index in [-0.39, 0.29) is 0 Å². The normalized spacial score (nSPS) is 31.0. The van der Waals surface area contributed by atoms with Crippen LogP contribution in [0.25, 0.3) is 0 Å². The molecule has 1 aromatic rings. The molecule has 3 atom stereocenters. The second kappa shape index (κ2) is 4.32. The number of fused-ring (bicyclic) bond motifs is 2. The molecule has 0 N–H and O–H groups in total. The summed E-state index contributed by atoms with van der Waals surface area (Å²) >= 11 is 0. The van der Waals surface area contributed by atoms with E-state index in [2.05, 4.69) is 0 Å². The molecule has 0 radical (unpaired) electrons. The van der Waals surface area contributed by atoms with Gasteiger partial charge in [-0.3, -0.25) is 4.79 Å². The van der Waals surface area contributed by atoms with Crippen LogP contribution in [0.4, 0.5) is 0 Å². The standard InChI is InChI=1S/C15H20O2/c1-2-15-13(5-6-17-15)14(16)9-12-8-10-3-4-11(12)7-10/h5-6,10-12H,2-4,7-9H2,1H3. The van der Waals surface area contributed by atoms with E-state index >= 15 is 0 Å². The molecular formula is C15H20O2. The van der Waals surface area contributed by atoms with Gasteiger partial charge in [0.1, 0.15) is 5.76 Å². The van der Waals surface area contributed by atoms with E-state index in [0.29, 0.717) is 11.7 Å². The number of carbonyl (C=O) groups is 1. The van der Waals surface area contributed by atoms with E-state index in [1.165, 1.54) is 25.7 Å². The fourth-order valence-corrected chi connectivity index (χ4v) is 3.84. The molecule has 17 heavy (non-hydrogen) atoms. The van der Waals surface area contributed by atoms with Crippen molar-refractivity contribution in [2.45, 2.75) is 45.4 Å². The van der Waals surface area contributed by atoms with Crippen molar-refractivity contribution < 1.29 is 9.21 Å². The van der Waals surface area contributed by atoms with Crippen molar-refractivity contribution in [1.82, 2.24) is 0 Å². The minimum absolute atomic E-state index is 0.299. The van der Waals surface area contributed by atoms with E-state index in [0.717, 1.165) is 36.0 Å². The molecule has 0 spiro atoms. The first-order chi connectivity index (χ1) is 8.28. The van der Waals surface area contributed by atoms with Gasteiger partial charge in [-0.25, -0.2) is 0 Å². The summed E-state index contributed by atoms with van der Waals surface area (Å²) in [6.07, 6.45) is 8.63. The molecule has 3 rings (SSSR count). The van der Waals surface area contributed by atoms with Crippen molar-refractivity contribution in [3.63, 3.8) is 0 Å². The Morgan fingerprint density at radius 2 is 2.29 bits per heavy atom. The lowest BCUT2D eigenvalue weighted by Crippen LogP contribution is -2.15. The zero-order chi connectivity index (χ0) is 11.8. The maximum absolute atomic E-state index is 12.3. The molecule has 1 heterocycles. The molecule has 2 saturated carbocycles. The van der Waals surface area contributed by atoms with Gasteiger partial charge in [0.25, 0.3) is 0 Å². The highest BCUT2D eigenvalue weighted by Crippen LogP contribution is 2.49. The largest absolute Gasteiger partial charge is 0.469 e. The summed E-state index contributed by atoms with van der Waals surface area (Å²) in [6, 6.07) is 1.84. The number of Topliss-reactive ketones (excluding diaryl/α,β-unsaturated/α-hetero) is 1. The summed E-state index contributed by atoms with van der Waals surface area (Å²) in [6.45, 7) is 2.03. The fourth-order valence-electron chi connectivity index (χ4n) is 3.84. The second-order valence-corrected chi connectivity index (χ2v) is 5.67. The first-order valence-electron chi connectivity index (χ1n) is 6.87. The summed E-state index contributed by atoms with van der Waals surface area (Å²) in [5.74, 6) is 3.57. The molecular weight excluding hydrogens is 212 g/mol. The number of aryl methyl sites for hydroxylation is 1. The first-order valence-corrected chi connectivity index (χ1v) is 6.87. The van der Waals surface area contributed by atoms with Gasteiger partial charge in [0.2, 0.25) is 0 Å². The van der Waals surface area contributed by atoms with Crippen LogP contribution in [0.3, 0.4) is 0 Å². The van der Waals surface area contributed by atoms with Crippen LogP contribution in [-0.4, -0.2) is 5.78 Å². The highest BCUT2D eigenvalue weighted by Gasteiger charge is 2.40. The van der Waals surface area contributed by atoms with Gasteiger partial charge in [0.15, 0.2) is 5.78 Å². The van der Waals surface area contributed by atoms with Crippen LogP contribution in [0.15, 0.2) is 16.7 Å². The van der Waals surface area contributed by atoms with Gasteiger partial charge in [0.05, 0.1) is 11.8 Å². The molecule has 2 fully saturated rings.